The summed E-state index contributed by atoms with van der Waals surface area (Å²) in [7, 11) is -2.31. The second-order valence-corrected chi connectivity index (χ2v) is 11.4. The fourth-order valence-corrected chi connectivity index (χ4v) is 6.22. The molecule has 1 heterocycles. The number of alkyl halides is 1. The lowest BCUT2D eigenvalue weighted by molar-refractivity contribution is 0.0751. The van der Waals surface area contributed by atoms with Gasteiger partial charge in [0, 0.05) is 18.8 Å². The van der Waals surface area contributed by atoms with E-state index < -0.39 is 18.9 Å². The molecule has 0 saturated heterocycles. The SMILES string of the molecule is CCCCP(=O)(CI)CO[C@@H]1C[C@@H](O)[C@H](n2ccc(N)nc2=O)C1. The minimum atomic E-state index is -2.31. The predicted octanol–water partition coefficient (Wildman–Crippen LogP) is 2.42. The van der Waals surface area contributed by atoms with Crippen LogP contribution in [0.2, 0.25) is 0 Å². The minimum Gasteiger partial charge on any atom is -0.391 e. The molecule has 1 aromatic rings. The van der Waals surface area contributed by atoms with Crippen molar-refractivity contribution >= 4 is 35.6 Å². The molecule has 1 fully saturated rings. The summed E-state index contributed by atoms with van der Waals surface area (Å²) in [4.78, 5) is 15.6. The van der Waals surface area contributed by atoms with Crippen molar-refractivity contribution in [1.29, 1.82) is 0 Å². The van der Waals surface area contributed by atoms with E-state index >= 15 is 0 Å². The van der Waals surface area contributed by atoms with Crippen LogP contribution in [0.25, 0.3) is 0 Å². The minimum absolute atomic E-state index is 0.162. The number of nitrogens with zero attached hydrogens (tertiary/aromatic N) is 2. The third kappa shape index (κ3) is 5.03. The molecule has 1 aliphatic carbocycles. The van der Waals surface area contributed by atoms with E-state index in [-0.39, 0.29) is 24.3 Å². The molecule has 0 radical (unpaired) electrons. The number of aromatic nitrogens is 2. The zero-order valence-corrected chi connectivity index (χ0v) is 16.9. The summed E-state index contributed by atoms with van der Waals surface area (Å²) in [6.07, 6.45) is 4.49. The Balaban J connectivity index is 1.98. The molecular weight excluding hydrogens is 444 g/mol. The number of aliphatic hydroxyl groups is 1. The molecule has 1 saturated carbocycles. The monoisotopic (exact) mass is 469 g/mol. The topological polar surface area (TPSA) is 107 Å². The highest BCUT2D eigenvalue weighted by atomic mass is 127. The first-order valence-electron chi connectivity index (χ1n) is 8.16. The third-order valence-corrected chi connectivity index (χ3v) is 10.3. The van der Waals surface area contributed by atoms with Crippen LogP contribution in [0, 0.1) is 0 Å². The number of halogens is 1. The number of nitrogens with two attached hydrogens (primary N) is 1. The molecule has 7 nitrogen and oxygen atoms in total. The molecular formula is C15H25IN3O4P. The van der Waals surface area contributed by atoms with Gasteiger partial charge in [-0.25, -0.2) is 4.79 Å². The largest absolute Gasteiger partial charge is 0.391 e. The summed E-state index contributed by atoms with van der Waals surface area (Å²) in [5, 5.41) is 10.3. The zero-order chi connectivity index (χ0) is 17.7. The lowest BCUT2D eigenvalue weighted by Crippen LogP contribution is -2.30. The standard InChI is InChI=1S/C15H25IN3O4P/c1-2-3-6-24(22,9-16)10-23-11-7-12(13(20)8-11)19-5-4-14(17)18-15(19)21/h4-5,11-13,20H,2-3,6-10H2,1H3,(H2,17,18,21)/t11-,12+,13+,24?/m0/s1. The molecule has 0 aliphatic heterocycles. The van der Waals surface area contributed by atoms with E-state index in [4.69, 9.17) is 10.5 Å². The maximum Gasteiger partial charge on any atom is 0.349 e. The predicted molar refractivity (Wildman–Crippen MR) is 103 cm³/mol. The van der Waals surface area contributed by atoms with Crippen LogP contribution in [0.5, 0.6) is 0 Å². The fourth-order valence-electron chi connectivity index (χ4n) is 2.91. The first-order valence-corrected chi connectivity index (χ1v) is 11.9. The van der Waals surface area contributed by atoms with E-state index in [0.29, 0.717) is 23.2 Å². The van der Waals surface area contributed by atoms with Crippen molar-refractivity contribution in [2.45, 2.75) is 50.9 Å². The summed E-state index contributed by atoms with van der Waals surface area (Å²) < 4.78 is 20.6. The normalized spacial score (nSPS) is 26.4. The van der Waals surface area contributed by atoms with Crippen LogP contribution in [-0.2, 0) is 9.30 Å². The highest BCUT2D eigenvalue weighted by molar-refractivity contribution is 14.1. The highest BCUT2D eigenvalue weighted by Crippen LogP contribution is 2.49. The number of nitrogen functional groups attached to an aromatic ring is 1. The average Bonchev–Trinajstić information content (AvgIpc) is 2.92. The molecule has 4 atom stereocenters. The van der Waals surface area contributed by atoms with Crippen molar-refractivity contribution in [2.24, 2.45) is 0 Å². The molecule has 0 spiro atoms. The second kappa shape index (κ2) is 8.78. The number of ether oxygens (including phenoxy) is 1. The number of unbranched alkanes of at least 4 members (excludes halogenated alkanes) is 1. The first kappa shape index (κ1) is 19.9. The van der Waals surface area contributed by atoms with Crippen LogP contribution in [0.3, 0.4) is 0 Å². The van der Waals surface area contributed by atoms with Crippen molar-refractivity contribution < 1.29 is 14.4 Å². The van der Waals surface area contributed by atoms with E-state index in [2.05, 4.69) is 34.5 Å². The number of rotatable bonds is 8. The lowest BCUT2D eigenvalue weighted by Gasteiger charge is -2.19. The molecule has 1 unspecified atom stereocenters. The third-order valence-electron chi connectivity index (χ3n) is 4.34. The Morgan fingerprint density at radius 1 is 1.54 bits per heavy atom. The molecule has 3 N–H and O–H groups in total. The number of aliphatic hydroxyl groups excluding tert-OH is 1. The van der Waals surface area contributed by atoms with E-state index in [1.807, 2.05) is 0 Å². The van der Waals surface area contributed by atoms with Gasteiger partial charge in [0.2, 0.25) is 0 Å². The van der Waals surface area contributed by atoms with Gasteiger partial charge >= 0.3 is 5.69 Å². The summed E-state index contributed by atoms with van der Waals surface area (Å²) in [6.45, 7) is 2.08. The Morgan fingerprint density at radius 2 is 2.29 bits per heavy atom. The number of hydrogen-bond acceptors (Lipinski definition) is 6. The molecule has 2 rings (SSSR count). The quantitative estimate of drug-likeness (QED) is 0.344. The second-order valence-electron chi connectivity index (χ2n) is 6.32. The van der Waals surface area contributed by atoms with Gasteiger partial charge in [-0.1, -0.05) is 35.9 Å². The van der Waals surface area contributed by atoms with Gasteiger partial charge < -0.3 is 20.1 Å². The van der Waals surface area contributed by atoms with Gasteiger partial charge in [0.15, 0.2) is 0 Å². The molecule has 0 bridgehead atoms. The Kier molecular flexibility index (Phi) is 7.27. The van der Waals surface area contributed by atoms with Crippen LogP contribution < -0.4 is 11.4 Å². The van der Waals surface area contributed by atoms with Gasteiger partial charge in [-0.2, -0.15) is 4.98 Å². The zero-order valence-electron chi connectivity index (χ0n) is 13.8. The first-order chi connectivity index (χ1) is 11.4. The lowest BCUT2D eigenvalue weighted by atomic mass is 10.2. The van der Waals surface area contributed by atoms with Crippen molar-refractivity contribution in [2.75, 3.05) is 22.4 Å². The van der Waals surface area contributed by atoms with Crippen molar-refractivity contribution in [3.05, 3.63) is 22.7 Å². The molecule has 1 aliphatic rings. The molecule has 136 valence electrons. The molecule has 9 heteroatoms. The van der Waals surface area contributed by atoms with Crippen LogP contribution in [0.15, 0.2) is 17.1 Å². The molecule has 1 aromatic heterocycles. The van der Waals surface area contributed by atoms with Crippen molar-refractivity contribution in [1.82, 2.24) is 9.55 Å². The molecule has 24 heavy (non-hydrogen) atoms. The van der Waals surface area contributed by atoms with Gasteiger partial charge in [0.25, 0.3) is 0 Å². The number of anilines is 1. The van der Waals surface area contributed by atoms with E-state index in [0.717, 1.165) is 12.8 Å². The molecule has 0 amide bonds. The average molecular weight is 469 g/mol. The summed E-state index contributed by atoms with van der Waals surface area (Å²) >= 11 is 2.16. The van der Waals surface area contributed by atoms with Crippen LogP contribution >= 0.6 is 29.7 Å². The van der Waals surface area contributed by atoms with Crippen molar-refractivity contribution in [3.8, 4) is 0 Å². The van der Waals surface area contributed by atoms with Crippen molar-refractivity contribution in [3.63, 3.8) is 0 Å². The smallest absolute Gasteiger partial charge is 0.349 e. The van der Waals surface area contributed by atoms with Gasteiger partial charge in [-0.3, -0.25) is 4.57 Å². The Bertz CT molecular complexity index is 654. The van der Waals surface area contributed by atoms with E-state index in [1.54, 1.807) is 6.20 Å². The molecule has 0 aromatic carbocycles. The summed E-state index contributed by atoms with van der Waals surface area (Å²) in [5.41, 5.74) is 5.02. The fraction of sp³-hybridized carbons (Fsp3) is 0.733. The van der Waals surface area contributed by atoms with Gasteiger partial charge in [0.1, 0.15) is 19.3 Å². The van der Waals surface area contributed by atoms with Crippen LogP contribution in [0.1, 0.15) is 38.6 Å². The van der Waals surface area contributed by atoms with E-state index in [1.165, 1.54) is 10.6 Å². The highest BCUT2D eigenvalue weighted by Gasteiger charge is 2.36. The Hall–Kier alpha value is -0.440. The van der Waals surface area contributed by atoms with Gasteiger partial charge in [-0.05, 0) is 18.9 Å². The number of hydrogen-bond donors (Lipinski definition) is 2. The van der Waals surface area contributed by atoms with Crippen LogP contribution in [-0.4, -0.2) is 43.5 Å². The maximum atomic E-state index is 12.7. The van der Waals surface area contributed by atoms with Gasteiger partial charge in [-0.15, -0.1) is 0 Å². The summed E-state index contributed by atoms with van der Waals surface area (Å²) in [5.74, 6) is 0.162. The van der Waals surface area contributed by atoms with E-state index in [9.17, 15) is 14.5 Å². The summed E-state index contributed by atoms with van der Waals surface area (Å²) in [6, 6.07) is 1.15. The Labute approximate surface area is 155 Å². The van der Waals surface area contributed by atoms with Gasteiger partial charge in [0.05, 0.1) is 22.4 Å². The van der Waals surface area contributed by atoms with Crippen LogP contribution in [0.4, 0.5) is 5.82 Å². The Morgan fingerprint density at radius 3 is 2.92 bits per heavy atom. The maximum absolute atomic E-state index is 12.7.